The molecule has 1 heterocycles. The molecule has 2 aromatic carbocycles. The van der Waals surface area contributed by atoms with Gasteiger partial charge in [-0.3, -0.25) is 9.89 Å². The van der Waals surface area contributed by atoms with Gasteiger partial charge in [0.2, 0.25) is 0 Å². The van der Waals surface area contributed by atoms with Crippen LogP contribution in [0.15, 0.2) is 53.5 Å². The van der Waals surface area contributed by atoms with Gasteiger partial charge in [-0.25, -0.2) is 4.39 Å². The topological polar surface area (TPSA) is 58.1 Å². The van der Waals surface area contributed by atoms with Gasteiger partial charge in [0.05, 0.1) is 13.2 Å². The molecular formula is C25H34FIN4O2. The number of rotatable bonds is 9. The van der Waals surface area contributed by atoms with Crippen molar-refractivity contribution in [1.29, 1.82) is 0 Å². The summed E-state index contributed by atoms with van der Waals surface area (Å²) >= 11 is 0. The first kappa shape index (κ1) is 25.7. The Bertz CT molecular complexity index is 917. The molecule has 33 heavy (non-hydrogen) atoms. The van der Waals surface area contributed by atoms with Crippen LogP contribution in [-0.4, -0.2) is 63.9 Å². The Labute approximate surface area is 213 Å². The molecule has 0 radical (unpaired) electrons. The van der Waals surface area contributed by atoms with E-state index in [2.05, 4.69) is 26.6 Å². The van der Waals surface area contributed by atoms with Gasteiger partial charge in [0.15, 0.2) is 5.96 Å². The van der Waals surface area contributed by atoms with E-state index in [4.69, 9.17) is 9.47 Å². The molecule has 0 bridgehead atoms. The summed E-state index contributed by atoms with van der Waals surface area (Å²) in [7, 11) is 1.75. The minimum Gasteiger partial charge on any atom is -0.492 e. The van der Waals surface area contributed by atoms with Gasteiger partial charge >= 0.3 is 0 Å². The normalized spacial score (nSPS) is 17.7. The van der Waals surface area contributed by atoms with Crippen molar-refractivity contribution < 1.29 is 13.9 Å². The number of benzene rings is 2. The highest BCUT2D eigenvalue weighted by molar-refractivity contribution is 14.0. The Hall–Kier alpha value is -1.91. The lowest BCUT2D eigenvalue weighted by Crippen LogP contribution is -2.41. The standard InChI is InChI=1S/C25H33FN4O2.HI/c1-27-24(29-19-25(10-11-25)21-7-3-4-8-22(21)26)28-18-20-6-2-5-9-23(20)32-17-14-30-12-15-31-16-13-30;/h2-9H,10-19H2,1H3,(H2,27,28,29);1H. The van der Waals surface area contributed by atoms with Crippen LogP contribution in [-0.2, 0) is 16.7 Å². The number of aliphatic imine (C=N–C) groups is 1. The maximum atomic E-state index is 14.3. The molecule has 2 N–H and O–H groups in total. The monoisotopic (exact) mass is 568 g/mol. The SMILES string of the molecule is CN=C(NCc1ccccc1OCCN1CCOCC1)NCC1(c2ccccc2F)CC1.I. The highest BCUT2D eigenvalue weighted by Crippen LogP contribution is 2.48. The number of morpholine rings is 1. The summed E-state index contributed by atoms with van der Waals surface area (Å²) in [5, 5.41) is 6.76. The average molecular weight is 568 g/mol. The van der Waals surface area contributed by atoms with E-state index in [0.717, 1.165) is 62.6 Å². The predicted molar refractivity (Wildman–Crippen MR) is 140 cm³/mol. The number of ether oxygens (including phenoxy) is 2. The van der Waals surface area contributed by atoms with E-state index in [9.17, 15) is 4.39 Å². The molecule has 2 aliphatic rings. The van der Waals surface area contributed by atoms with Gasteiger partial charge in [-0.05, 0) is 30.5 Å². The molecule has 1 saturated heterocycles. The number of nitrogens with one attached hydrogen (secondary N) is 2. The zero-order chi connectivity index (χ0) is 22.2. The molecule has 0 unspecified atom stereocenters. The van der Waals surface area contributed by atoms with Gasteiger partial charge in [-0.2, -0.15) is 0 Å². The van der Waals surface area contributed by atoms with Crippen LogP contribution in [0.5, 0.6) is 5.75 Å². The second-order valence-electron chi connectivity index (χ2n) is 8.45. The molecule has 1 aliphatic heterocycles. The minimum atomic E-state index is -0.135. The van der Waals surface area contributed by atoms with Crippen molar-refractivity contribution in [3.05, 3.63) is 65.5 Å². The van der Waals surface area contributed by atoms with Crippen molar-refractivity contribution in [2.45, 2.75) is 24.8 Å². The second kappa shape index (κ2) is 12.5. The van der Waals surface area contributed by atoms with Crippen molar-refractivity contribution in [2.24, 2.45) is 4.99 Å². The first-order valence-electron chi connectivity index (χ1n) is 11.4. The minimum absolute atomic E-state index is 0. The van der Waals surface area contributed by atoms with Gasteiger partial charge in [-0.1, -0.05) is 36.4 Å². The zero-order valence-corrected chi connectivity index (χ0v) is 21.5. The fourth-order valence-electron chi connectivity index (χ4n) is 4.14. The van der Waals surface area contributed by atoms with Gasteiger partial charge < -0.3 is 20.1 Å². The summed E-state index contributed by atoms with van der Waals surface area (Å²) in [6.45, 7) is 6.31. The lowest BCUT2D eigenvalue weighted by atomic mass is 9.95. The number of para-hydroxylation sites is 1. The fraction of sp³-hybridized carbons (Fsp3) is 0.480. The second-order valence-corrected chi connectivity index (χ2v) is 8.45. The first-order chi connectivity index (χ1) is 15.7. The van der Waals surface area contributed by atoms with Crippen molar-refractivity contribution >= 4 is 29.9 Å². The van der Waals surface area contributed by atoms with Crippen molar-refractivity contribution in [1.82, 2.24) is 15.5 Å². The molecule has 1 saturated carbocycles. The van der Waals surface area contributed by atoms with E-state index >= 15 is 0 Å². The number of guanidine groups is 1. The summed E-state index contributed by atoms with van der Waals surface area (Å²) < 4.78 is 25.7. The van der Waals surface area contributed by atoms with Gasteiger partial charge in [0.25, 0.3) is 0 Å². The maximum absolute atomic E-state index is 14.3. The van der Waals surface area contributed by atoms with E-state index in [1.807, 2.05) is 30.3 Å². The molecule has 2 aromatic rings. The lowest BCUT2D eigenvalue weighted by molar-refractivity contribution is 0.0322. The quantitative estimate of drug-likeness (QED) is 0.276. The lowest BCUT2D eigenvalue weighted by Gasteiger charge is -2.26. The Morgan fingerprint density at radius 1 is 1.09 bits per heavy atom. The van der Waals surface area contributed by atoms with E-state index in [0.29, 0.717) is 25.7 Å². The van der Waals surface area contributed by atoms with Crippen LogP contribution < -0.4 is 15.4 Å². The first-order valence-corrected chi connectivity index (χ1v) is 11.4. The van der Waals surface area contributed by atoms with Crippen LogP contribution in [0, 0.1) is 5.82 Å². The molecule has 2 fully saturated rings. The highest BCUT2D eigenvalue weighted by atomic mass is 127. The summed E-state index contributed by atoms with van der Waals surface area (Å²) in [6, 6.07) is 15.1. The predicted octanol–water partition coefficient (Wildman–Crippen LogP) is 3.55. The van der Waals surface area contributed by atoms with E-state index in [1.165, 1.54) is 0 Å². The van der Waals surface area contributed by atoms with Crippen LogP contribution in [0.1, 0.15) is 24.0 Å². The third-order valence-corrected chi connectivity index (χ3v) is 6.30. The molecule has 0 spiro atoms. The maximum Gasteiger partial charge on any atom is 0.191 e. The number of nitrogens with zero attached hydrogens (tertiary/aromatic N) is 2. The van der Waals surface area contributed by atoms with Crippen LogP contribution in [0.4, 0.5) is 4.39 Å². The Morgan fingerprint density at radius 3 is 2.55 bits per heavy atom. The molecular weight excluding hydrogens is 534 g/mol. The molecule has 8 heteroatoms. The van der Waals surface area contributed by atoms with Crippen LogP contribution in [0.25, 0.3) is 0 Å². The van der Waals surface area contributed by atoms with Gasteiger partial charge in [0.1, 0.15) is 18.2 Å². The van der Waals surface area contributed by atoms with Crippen LogP contribution in [0.2, 0.25) is 0 Å². The molecule has 0 amide bonds. The fourth-order valence-corrected chi connectivity index (χ4v) is 4.14. The van der Waals surface area contributed by atoms with Gasteiger partial charge in [-0.15, -0.1) is 24.0 Å². The highest BCUT2D eigenvalue weighted by Gasteiger charge is 2.45. The molecule has 4 rings (SSSR count). The van der Waals surface area contributed by atoms with E-state index in [1.54, 1.807) is 19.2 Å². The van der Waals surface area contributed by atoms with E-state index < -0.39 is 0 Å². The van der Waals surface area contributed by atoms with E-state index in [-0.39, 0.29) is 35.2 Å². The molecule has 180 valence electrons. The number of hydrogen-bond donors (Lipinski definition) is 2. The largest absolute Gasteiger partial charge is 0.492 e. The molecule has 6 nitrogen and oxygen atoms in total. The number of hydrogen-bond acceptors (Lipinski definition) is 4. The number of halogens is 2. The average Bonchev–Trinajstić information content (AvgIpc) is 3.62. The smallest absolute Gasteiger partial charge is 0.191 e. The van der Waals surface area contributed by atoms with Crippen molar-refractivity contribution in [3.63, 3.8) is 0 Å². The summed E-state index contributed by atoms with van der Waals surface area (Å²) in [5.41, 5.74) is 1.73. The summed E-state index contributed by atoms with van der Waals surface area (Å²) in [4.78, 5) is 6.70. The Kier molecular flexibility index (Phi) is 9.76. The van der Waals surface area contributed by atoms with Crippen molar-refractivity contribution in [3.8, 4) is 5.75 Å². The third kappa shape index (κ3) is 7.04. The van der Waals surface area contributed by atoms with Crippen molar-refractivity contribution in [2.75, 3.05) is 53.0 Å². The Morgan fingerprint density at radius 2 is 1.82 bits per heavy atom. The molecule has 1 aliphatic carbocycles. The zero-order valence-electron chi connectivity index (χ0n) is 19.2. The third-order valence-electron chi connectivity index (χ3n) is 6.30. The van der Waals surface area contributed by atoms with Crippen LogP contribution in [0.3, 0.4) is 0 Å². The van der Waals surface area contributed by atoms with Gasteiger partial charge in [0, 0.05) is 50.7 Å². The Balaban J connectivity index is 0.00000306. The van der Waals surface area contributed by atoms with Crippen LogP contribution >= 0.6 is 24.0 Å². The summed E-state index contributed by atoms with van der Waals surface area (Å²) in [5.74, 6) is 1.46. The molecule has 0 atom stereocenters. The molecule has 0 aromatic heterocycles. The summed E-state index contributed by atoms with van der Waals surface area (Å²) in [6.07, 6.45) is 1.97.